The van der Waals surface area contributed by atoms with Gasteiger partial charge in [0, 0.05) is 21.7 Å². The molecule has 0 saturated carbocycles. The quantitative estimate of drug-likeness (QED) is 0.618. The number of alkyl halides is 1. The summed E-state index contributed by atoms with van der Waals surface area (Å²) in [6.07, 6.45) is 4.72. The molecule has 110 valence electrons. The molecule has 0 bridgehead atoms. The van der Waals surface area contributed by atoms with Crippen LogP contribution in [0.4, 0.5) is 0 Å². The zero-order valence-corrected chi connectivity index (χ0v) is 14.8. The first-order valence-electron chi connectivity index (χ1n) is 6.67. The third-order valence-electron chi connectivity index (χ3n) is 3.18. The number of thiazole rings is 1. The standard InChI is InChI=1S/C14H14BrClN4S/c1-3-10-6-17-12(21-10)7-20-13(8(2)16)19-11-4-9(15)5-18-14(11)20/h4-6,8H,3,7H2,1-2H3. The number of pyridine rings is 1. The van der Waals surface area contributed by atoms with Crippen molar-refractivity contribution in [3.05, 3.63) is 38.6 Å². The molecule has 3 aromatic rings. The normalized spacial score (nSPS) is 13.0. The predicted octanol–water partition coefficient (Wildman–Crippen LogP) is 4.56. The minimum Gasteiger partial charge on any atom is -0.305 e. The summed E-state index contributed by atoms with van der Waals surface area (Å²) in [4.78, 5) is 14.8. The molecule has 0 saturated heterocycles. The number of hydrogen-bond acceptors (Lipinski definition) is 4. The molecule has 0 N–H and O–H groups in total. The van der Waals surface area contributed by atoms with Gasteiger partial charge in [-0.2, -0.15) is 0 Å². The lowest BCUT2D eigenvalue weighted by atomic mass is 10.4. The number of nitrogens with zero attached hydrogens (tertiary/aromatic N) is 4. The van der Waals surface area contributed by atoms with E-state index in [-0.39, 0.29) is 5.38 Å². The monoisotopic (exact) mass is 384 g/mol. The minimum absolute atomic E-state index is 0.177. The summed E-state index contributed by atoms with van der Waals surface area (Å²) in [5.41, 5.74) is 1.69. The molecule has 3 rings (SSSR count). The number of aryl methyl sites for hydroxylation is 1. The third kappa shape index (κ3) is 2.98. The highest BCUT2D eigenvalue weighted by molar-refractivity contribution is 9.10. The SMILES string of the molecule is CCc1cnc(Cn2c(C(C)Cl)nc3cc(Br)cnc32)s1. The van der Waals surface area contributed by atoms with Gasteiger partial charge in [0.15, 0.2) is 5.65 Å². The van der Waals surface area contributed by atoms with Crippen LogP contribution < -0.4 is 0 Å². The number of aromatic nitrogens is 4. The molecule has 1 unspecified atom stereocenters. The second-order valence-electron chi connectivity index (χ2n) is 4.74. The fourth-order valence-corrected chi connectivity index (χ4v) is 3.52. The highest BCUT2D eigenvalue weighted by Crippen LogP contribution is 2.27. The van der Waals surface area contributed by atoms with E-state index in [1.54, 1.807) is 17.5 Å². The van der Waals surface area contributed by atoms with Crippen LogP contribution in [0.15, 0.2) is 22.9 Å². The molecule has 7 heteroatoms. The van der Waals surface area contributed by atoms with Crippen molar-refractivity contribution < 1.29 is 0 Å². The summed E-state index contributed by atoms with van der Waals surface area (Å²) in [5, 5.41) is 0.873. The van der Waals surface area contributed by atoms with E-state index in [9.17, 15) is 0 Å². The van der Waals surface area contributed by atoms with E-state index in [1.807, 2.05) is 19.2 Å². The fraction of sp³-hybridized carbons (Fsp3) is 0.357. The lowest BCUT2D eigenvalue weighted by Crippen LogP contribution is -2.06. The number of hydrogen-bond donors (Lipinski definition) is 0. The molecular formula is C14H14BrClN4S. The Balaban J connectivity index is 2.08. The maximum Gasteiger partial charge on any atom is 0.160 e. The van der Waals surface area contributed by atoms with Crippen molar-refractivity contribution in [3.63, 3.8) is 0 Å². The molecule has 1 atom stereocenters. The molecule has 0 aromatic carbocycles. The lowest BCUT2D eigenvalue weighted by Gasteiger charge is -2.07. The van der Waals surface area contributed by atoms with E-state index in [4.69, 9.17) is 11.6 Å². The van der Waals surface area contributed by atoms with Gasteiger partial charge in [0.2, 0.25) is 0 Å². The summed E-state index contributed by atoms with van der Waals surface area (Å²) in [6, 6.07) is 1.96. The molecule has 4 nitrogen and oxygen atoms in total. The average molecular weight is 386 g/mol. The zero-order valence-electron chi connectivity index (χ0n) is 11.7. The Kier molecular flexibility index (Phi) is 4.28. The van der Waals surface area contributed by atoms with Crippen LogP contribution in [-0.4, -0.2) is 19.5 Å². The van der Waals surface area contributed by atoms with Gasteiger partial charge in [-0.15, -0.1) is 22.9 Å². The van der Waals surface area contributed by atoms with Crippen LogP contribution in [0.1, 0.15) is 34.9 Å². The Bertz CT molecular complexity index is 780. The van der Waals surface area contributed by atoms with E-state index in [2.05, 4.69) is 42.4 Å². The molecule has 0 radical (unpaired) electrons. The highest BCUT2D eigenvalue weighted by atomic mass is 79.9. The summed E-state index contributed by atoms with van der Waals surface area (Å²) >= 11 is 11.4. The van der Waals surface area contributed by atoms with Crippen molar-refractivity contribution in [1.29, 1.82) is 0 Å². The van der Waals surface area contributed by atoms with Crippen LogP contribution >= 0.6 is 38.9 Å². The fourth-order valence-electron chi connectivity index (χ4n) is 2.18. The van der Waals surface area contributed by atoms with E-state index in [0.717, 1.165) is 32.9 Å². The molecule has 0 fully saturated rings. The molecule has 21 heavy (non-hydrogen) atoms. The first-order chi connectivity index (χ1) is 10.1. The molecule has 0 amide bonds. The smallest absolute Gasteiger partial charge is 0.160 e. The van der Waals surface area contributed by atoms with Gasteiger partial charge >= 0.3 is 0 Å². The molecule has 0 aliphatic carbocycles. The first kappa shape index (κ1) is 14.9. The second kappa shape index (κ2) is 6.02. The Labute approximate surface area is 140 Å². The van der Waals surface area contributed by atoms with Crippen LogP contribution in [0, 0.1) is 0 Å². The number of rotatable bonds is 4. The summed E-state index contributed by atoms with van der Waals surface area (Å²) in [6.45, 7) is 4.71. The van der Waals surface area contributed by atoms with Crippen LogP contribution in [0.3, 0.4) is 0 Å². The van der Waals surface area contributed by atoms with Crippen molar-refractivity contribution in [2.24, 2.45) is 0 Å². The van der Waals surface area contributed by atoms with Crippen molar-refractivity contribution in [2.75, 3.05) is 0 Å². The third-order valence-corrected chi connectivity index (χ3v) is 4.94. The van der Waals surface area contributed by atoms with Gasteiger partial charge in [-0.3, -0.25) is 0 Å². The van der Waals surface area contributed by atoms with E-state index >= 15 is 0 Å². The molecule has 3 aromatic heterocycles. The van der Waals surface area contributed by atoms with E-state index < -0.39 is 0 Å². The van der Waals surface area contributed by atoms with E-state index in [1.165, 1.54) is 4.88 Å². The molecule has 0 aliphatic heterocycles. The van der Waals surface area contributed by atoms with Gasteiger partial charge in [-0.1, -0.05) is 6.92 Å². The maximum atomic E-state index is 6.28. The van der Waals surface area contributed by atoms with Crippen LogP contribution in [-0.2, 0) is 13.0 Å². The minimum atomic E-state index is -0.177. The highest BCUT2D eigenvalue weighted by Gasteiger charge is 2.17. The molecule has 0 spiro atoms. The largest absolute Gasteiger partial charge is 0.305 e. The zero-order chi connectivity index (χ0) is 15.0. The van der Waals surface area contributed by atoms with Crippen molar-refractivity contribution in [2.45, 2.75) is 32.2 Å². The lowest BCUT2D eigenvalue weighted by molar-refractivity contribution is 0.732. The Hall–Kier alpha value is -0.980. The van der Waals surface area contributed by atoms with Crippen LogP contribution in [0.25, 0.3) is 11.2 Å². The molecular weight excluding hydrogens is 372 g/mol. The molecule has 3 heterocycles. The number of imidazole rings is 1. The van der Waals surface area contributed by atoms with Crippen LogP contribution in [0.5, 0.6) is 0 Å². The number of halogens is 2. The summed E-state index contributed by atoms with van der Waals surface area (Å²) < 4.78 is 2.97. The Morgan fingerprint density at radius 3 is 2.86 bits per heavy atom. The first-order valence-corrected chi connectivity index (χ1v) is 8.72. The summed E-state index contributed by atoms with van der Waals surface area (Å²) in [7, 11) is 0. The molecule has 0 aliphatic rings. The maximum absolute atomic E-state index is 6.28. The Morgan fingerprint density at radius 1 is 1.38 bits per heavy atom. The summed E-state index contributed by atoms with van der Waals surface area (Å²) in [5.74, 6) is 0.825. The topological polar surface area (TPSA) is 43.6 Å². The van der Waals surface area contributed by atoms with Gasteiger partial charge in [0.05, 0.1) is 11.9 Å². The Morgan fingerprint density at radius 2 is 2.19 bits per heavy atom. The van der Waals surface area contributed by atoms with Gasteiger partial charge in [-0.05, 0) is 35.3 Å². The van der Waals surface area contributed by atoms with E-state index in [0.29, 0.717) is 6.54 Å². The predicted molar refractivity (Wildman–Crippen MR) is 90.1 cm³/mol. The second-order valence-corrected chi connectivity index (χ2v) is 7.51. The van der Waals surface area contributed by atoms with Crippen LogP contribution in [0.2, 0.25) is 0 Å². The van der Waals surface area contributed by atoms with Gasteiger partial charge in [-0.25, -0.2) is 15.0 Å². The van der Waals surface area contributed by atoms with Gasteiger partial charge < -0.3 is 4.57 Å². The van der Waals surface area contributed by atoms with Gasteiger partial charge in [0.1, 0.15) is 16.3 Å². The van der Waals surface area contributed by atoms with Crippen molar-refractivity contribution >= 4 is 50.0 Å². The van der Waals surface area contributed by atoms with Crippen molar-refractivity contribution in [3.8, 4) is 0 Å². The van der Waals surface area contributed by atoms with Crippen molar-refractivity contribution in [1.82, 2.24) is 19.5 Å². The number of fused-ring (bicyclic) bond motifs is 1. The average Bonchev–Trinajstić information content (AvgIpc) is 3.04. The van der Waals surface area contributed by atoms with Gasteiger partial charge in [0.25, 0.3) is 0 Å².